The summed E-state index contributed by atoms with van der Waals surface area (Å²) < 4.78 is 29.3. The van der Waals surface area contributed by atoms with Gasteiger partial charge in [-0.15, -0.1) is 0 Å². The molecule has 0 aromatic rings. The number of methoxy groups -OCH3 is 1. The van der Waals surface area contributed by atoms with Crippen molar-refractivity contribution >= 4 is 16.0 Å². The highest BCUT2D eigenvalue weighted by Crippen LogP contribution is 2.15. The van der Waals surface area contributed by atoms with Gasteiger partial charge in [-0.1, -0.05) is 13.8 Å². The molecule has 102 valence electrons. The molecule has 0 aromatic heterocycles. The van der Waals surface area contributed by atoms with Crippen molar-refractivity contribution in [2.24, 2.45) is 5.92 Å². The van der Waals surface area contributed by atoms with E-state index >= 15 is 0 Å². The van der Waals surface area contributed by atoms with E-state index in [1.165, 1.54) is 0 Å². The molecule has 6 nitrogen and oxygen atoms in total. The van der Waals surface area contributed by atoms with Crippen LogP contribution < -0.4 is 4.72 Å². The summed E-state index contributed by atoms with van der Waals surface area (Å²) in [6.07, 6.45) is 0.466. The Morgan fingerprint density at radius 3 is 2.41 bits per heavy atom. The summed E-state index contributed by atoms with van der Waals surface area (Å²) in [5.74, 6) is -1.32. The molecule has 0 aromatic carbocycles. The standard InChI is InChI=1S/C10H21NO5S/c1-8(2)5-10(3,13)7-11-17(14,15)6-9(12)16-4/h8,11,13H,5-7H2,1-4H3. The molecule has 1 unspecified atom stereocenters. The fraction of sp³-hybridized carbons (Fsp3) is 0.900. The van der Waals surface area contributed by atoms with E-state index in [4.69, 9.17) is 0 Å². The quantitative estimate of drug-likeness (QED) is 0.627. The number of carbonyl (C=O) groups is 1. The van der Waals surface area contributed by atoms with Crippen molar-refractivity contribution in [3.8, 4) is 0 Å². The Labute approximate surface area is 102 Å². The molecule has 0 fully saturated rings. The van der Waals surface area contributed by atoms with E-state index in [0.717, 1.165) is 7.11 Å². The molecule has 0 aliphatic carbocycles. The molecule has 2 N–H and O–H groups in total. The molecule has 1 atom stereocenters. The van der Waals surface area contributed by atoms with Crippen LogP contribution in [0.1, 0.15) is 27.2 Å². The molecule has 0 amide bonds. The number of esters is 1. The zero-order valence-corrected chi connectivity index (χ0v) is 11.5. The maximum atomic E-state index is 11.4. The van der Waals surface area contributed by atoms with Crippen LogP contribution in [0.4, 0.5) is 0 Å². The lowest BCUT2D eigenvalue weighted by atomic mass is 9.95. The molecule has 0 aliphatic heterocycles. The maximum absolute atomic E-state index is 11.4. The average molecular weight is 267 g/mol. The second-order valence-electron chi connectivity index (χ2n) is 4.75. The van der Waals surface area contributed by atoms with Gasteiger partial charge in [-0.05, 0) is 19.3 Å². The molecule has 0 heterocycles. The molecule has 0 radical (unpaired) electrons. The van der Waals surface area contributed by atoms with Crippen LogP contribution >= 0.6 is 0 Å². The van der Waals surface area contributed by atoms with E-state index in [0.29, 0.717) is 6.42 Å². The summed E-state index contributed by atoms with van der Waals surface area (Å²) in [7, 11) is -2.63. The van der Waals surface area contributed by atoms with Gasteiger partial charge in [0.15, 0.2) is 5.75 Å². The van der Waals surface area contributed by atoms with Crippen LogP contribution in [0, 0.1) is 5.92 Å². The van der Waals surface area contributed by atoms with Gasteiger partial charge in [-0.3, -0.25) is 4.79 Å². The molecule has 0 rings (SSSR count). The van der Waals surface area contributed by atoms with Crippen molar-refractivity contribution in [1.29, 1.82) is 0 Å². The molecule has 0 aliphatic rings. The topological polar surface area (TPSA) is 92.7 Å². The Kier molecular flexibility index (Phi) is 6.08. The number of nitrogens with one attached hydrogen (secondary N) is 1. The fourth-order valence-electron chi connectivity index (χ4n) is 1.48. The van der Waals surface area contributed by atoms with Crippen LogP contribution in [-0.2, 0) is 19.6 Å². The molecular weight excluding hydrogens is 246 g/mol. The van der Waals surface area contributed by atoms with Gasteiger partial charge in [0.2, 0.25) is 10.0 Å². The summed E-state index contributed by atoms with van der Waals surface area (Å²) in [4.78, 5) is 10.8. The van der Waals surface area contributed by atoms with E-state index < -0.39 is 27.3 Å². The van der Waals surface area contributed by atoms with Crippen molar-refractivity contribution in [2.45, 2.75) is 32.8 Å². The van der Waals surface area contributed by atoms with Crippen molar-refractivity contribution < 1.29 is 23.1 Å². The normalized spacial score (nSPS) is 15.6. The fourth-order valence-corrected chi connectivity index (χ4v) is 2.54. The van der Waals surface area contributed by atoms with Crippen molar-refractivity contribution in [2.75, 3.05) is 19.4 Å². The minimum Gasteiger partial charge on any atom is -0.468 e. The van der Waals surface area contributed by atoms with E-state index in [1.807, 2.05) is 13.8 Å². The lowest BCUT2D eigenvalue weighted by molar-refractivity contribution is -0.137. The van der Waals surface area contributed by atoms with Crippen LogP contribution in [-0.4, -0.2) is 44.5 Å². The van der Waals surface area contributed by atoms with Gasteiger partial charge in [0.1, 0.15) is 0 Å². The predicted octanol–water partition coefficient (Wildman–Crippen LogP) is -0.124. The first-order valence-corrected chi connectivity index (χ1v) is 7.00. The SMILES string of the molecule is COC(=O)CS(=O)(=O)NCC(C)(O)CC(C)C. The number of hydrogen-bond acceptors (Lipinski definition) is 5. The molecule has 7 heteroatoms. The highest BCUT2D eigenvalue weighted by Gasteiger charge is 2.25. The Balaban J connectivity index is 4.31. The third-order valence-electron chi connectivity index (χ3n) is 2.06. The Hall–Kier alpha value is -0.660. The first kappa shape index (κ1) is 16.3. The van der Waals surface area contributed by atoms with Gasteiger partial charge in [0.25, 0.3) is 0 Å². The minimum atomic E-state index is -3.75. The first-order valence-electron chi connectivity index (χ1n) is 5.34. The molecule has 0 bridgehead atoms. The average Bonchev–Trinajstić information content (AvgIpc) is 2.12. The molecule has 0 spiro atoms. The lowest BCUT2D eigenvalue weighted by Gasteiger charge is -2.25. The van der Waals surface area contributed by atoms with Crippen LogP contribution in [0.25, 0.3) is 0 Å². The summed E-state index contributed by atoms with van der Waals surface area (Å²) in [6.45, 7) is 5.28. The van der Waals surface area contributed by atoms with E-state index in [-0.39, 0.29) is 12.5 Å². The van der Waals surface area contributed by atoms with Crippen LogP contribution in [0.3, 0.4) is 0 Å². The molecule has 17 heavy (non-hydrogen) atoms. The number of ether oxygens (including phenoxy) is 1. The minimum absolute atomic E-state index is 0.121. The van der Waals surface area contributed by atoms with E-state index in [9.17, 15) is 18.3 Å². The van der Waals surface area contributed by atoms with E-state index in [2.05, 4.69) is 9.46 Å². The highest BCUT2D eigenvalue weighted by atomic mass is 32.2. The zero-order valence-electron chi connectivity index (χ0n) is 10.7. The van der Waals surface area contributed by atoms with Crippen LogP contribution in [0.15, 0.2) is 0 Å². The second kappa shape index (κ2) is 6.32. The summed E-state index contributed by atoms with van der Waals surface area (Å²) in [5, 5.41) is 9.90. The van der Waals surface area contributed by atoms with Gasteiger partial charge in [0, 0.05) is 6.54 Å². The van der Waals surface area contributed by atoms with Gasteiger partial charge < -0.3 is 9.84 Å². The van der Waals surface area contributed by atoms with Crippen LogP contribution in [0.2, 0.25) is 0 Å². The Morgan fingerprint density at radius 1 is 1.47 bits per heavy atom. The zero-order chi connectivity index (χ0) is 13.7. The monoisotopic (exact) mass is 267 g/mol. The maximum Gasteiger partial charge on any atom is 0.322 e. The Morgan fingerprint density at radius 2 is 2.00 bits per heavy atom. The number of hydrogen-bond donors (Lipinski definition) is 2. The summed E-state index contributed by atoms with van der Waals surface area (Å²) in [5.41, 5.74) is -1.13. The largest absolute Gasteiger partial charge is 0.468 e. The summed E-state index contributed by atoms with van der Waals surface area (Å²) in [6, 6.07) is 0. The Bertz CT molecular complexity index is 348. The predicted molar refractivity (Wildman–Crippen MR) is 63.9 cm³/mol. The lowest BCUT2D eigenvalue weighted by Crippen LogP contribution is -2.43. The smallest absolute Gasteiger partial charge is 0.322 e. The van der Waals surface area contributed by atoms with Gasteiger partial charge >= 0.3 is 5.97 Å². The first-order chi connectivity index (χ1) is 7.58. The summed E-state index contributed by atoms with van der Waals surface area (Å²) >= 11 is 0. The van der Waals surface area contributed by atoms with Gasteiger partial charge in [-0.2, -0.15) is 0 Å². The van der Waals surface area contributed by atoms with E-state index in [1.54, 1.807) is 6.92 Å². The van der Waals surface area contributed by atoms with Crippen molar-refractivity contribution in [3.63, 3.8) is 0 Å². The third-order valence-corrected chi connectivity index (χ3v) is 3.26. The third kappa shape index (κ3) is 8.12. The van der Waals surface area contributed by atoms with Crippen LogP contribution in [0.5, 0.6) is 0 Å². The van der Waals surface area contributed by atoms with Gasteiger partial charge in [-0.25, -0.2) is 13.1 Å². The molecule has 0 saturated heterocycles. The van der Waals surface area contributed by atoms with Crippen molar-refractivity contribution in [1.82, 2.24) is 4.72 Å². The highest BCUT2D eigenvalue weighted by molar-refractivity contribution is 7.90. The number of sulfonamides is 1. The molecule has 0 saturated carbocycles. The number of aliphatic hydroxyl groups is 1. The second-order valence-corrected chi connectivity index (χ2v) is 6.56. The number of rotatable bonds is 7. The molecular formula is C10H21NO5S. The van der Waals surface area contributed by atoms with Crippen molar-refractivity contribution in [3.05, 3.63) is 0 Å². The number of carbonyl (C=O) groups excluding carboxylic acids is 1. The van der Waals surface area contributed by atoms with Gasteiger partial charge in [0.05, 0.1) is 12.7 Å².